The maximum Gasteiger partial charge on any atom is 0.0774 e. The van der Waals surface area contributed by atoms with Gasteiger partial charge in [-0.15, -0.1) is 0 Å². The highest BCUT2D eigenvalue weighted by Gasteiger charge is 2.03. The molecule has 0 radical (unpaired) electrons. The number of hydrogen-bond acceptors (Lipinski definition) is 2. The van der Waals surface area contributed by atoms with Crippen LogP contribution in [0.15, 0.2) is 18.2 Å². The lowest BCUT2D eigenvalue weighted by atomic mass is 10.0. The van der Waals surface area contributed by atoms with Gasteiger partial charge >= 0.3 is 0 Å². The molecule has 1 atom stereocenters. The summed E-state index contributed by atoms with van der Waals surface area (Å²) in [6.45, 7) is 4.02. The smallest absolute Gasteiger partial charge is 0.0774 e. The Balaban J connectivity index is 2.55. The van der Waals surface area contributed by atoms with E-state index in [2.05, 4.69) is 32.0 Å². The van der Waals surface area contributed by atoms with Gasteiger partial charge in [0.05, 0.1) is 12.7 Å². The Morgan fingerprint density at radius 1 is 1.21 bits per heavy atom. The molecule has 1 aromatic carbocycles. The Morgan fingerprint density at radius 2 is 1.93 bits per heavy atom. The SMILES string of the molecule is Cc1ccc(CCC(O)CO)cc1C. The molecule has 0 bridgehead atoms. The Bertz CT molecular complexity index is 294. The second-order valence-corrected chi connectivity index (χ2v) is 3.79. The fourth-order valence-corrected chi connectivity index (χ4v) is 1.38. The van der Waals surface area contributed by atoms with Gasteiger partial charge in [-0.2, -0.15) is 0 Å². The number of rotatable bonds is 4. The molecule has 0 saturated carbocycles. The summed E-state index contributed by atoms with van der Waals surface area (Å²) in [6.07, 6.45) is 0.860. The molecule has 2 nitrogen and oxygen atoms in total. The molecule has 2 N–H and O–H groups in total. The van der Waals surface area contributed by atoms with Crippen LogP contribution in [-0.4, -0.2) is 22.9 Å². The Labute approximate surface area is 85.2 Å². The Kier molecular flexibility index (Phi) is 4.11. The average Bonchev–Trinajstić information content (AvgIpc) is 2.19. The van der Waals surface area contributed by atoms with Crippen LogP contribution in [0.3, 0.4) is 0 Å². The van der Waals surface area contributed by atoms with E-state index in [0.29, 0.717) is 6.42 Å². The minimum absolute atomic E-state index is 0.148. The van der Waals surface area contributed by atoms with E-state index in [1.54, 1.807) is 0 Å². The van der Waals surface area contributed by atoms with Gasteiger partial charge in [0.25, 0.3) is 0 Å². The largest absolute Gasteiger partial charge is 0.394 e. The molecule has 1 aromatic rings. The van der Waals surface area contributed by atoms with Crippen LogP contribution in [-0.2, 0) is 6.42 Å². The molecule has 0 aliphatic carbocycles. The first-order chi connectivity index (χ1) is 6.63. The number of aliphatic hydroxyl groups excluding tert-OH is 2. The van der Waals surface area contributed by atoms with Crippen LogP contribution >= 0.6 is 0 Å². The number of hydrogen-bond donors (Lipinski definition) is 2. The van der Waals surface area contributed by atoms with Gasteiger partial charge in [0.1, 0.15) is 0 Å². The second kappa shape index (κ2) is 5.13. The molecule has 0 spiro atoms. The molecular weight excluding hydrogens is 176 g/mol. The minimum Gasteiger partial charge on any atom is -0.394 e. The summed E-state index contributed by atoms with van der Waals surface area (Å²) < 4.78 is 0. The molecular formula is C12H18O2. The van der Waals surface area contributed by atoms with Crippen molar-refractivity contribution in [2.75, 3.05) is 6.61 Å². The lowest BCUT2D eigenvalue weighted by Crippen LogP contribution is -2.12. The average molecular weight is 194 g/mol. The van der Waals surface area contributed by atoms with Crippen LogP contribution in [0, 0.1) is 13.8 Å². The third-order valence-corrected chi connectivity index (χ3v) is 2.55. The van der Waals surface area contributed by atoms with Crippen molar-refractivity contribution in [2.24, 2.45) is 0 Å². The van der Waals surface area contributed by atoms with Crippen molar-refractivity contribution in [1.29, 1.82) is 0 Å². The quantitative estimate of drug-likeness (QED) is 0.764. The van der Waals surface area contributed by atoms with E-state index in [1.807, 2.05) is 0 Å². The molecule has 0 heterocycles. The summed E-state index contributed by atoms with van der Waals surface area (Å²) in [5.41, 5.74) is 3.79. The van der Waals surface area contributed by atoms with E-state index in [1.165, 1.54) is 16.7 Å². The van der Waals surface area contributed by atoms with E-state index >= 15 is 0 Å². The van der Waals surface area contributed by atoms with E-state index < -0.39 is 6.10 Å². The standard InChI is InChI=1S/C12H18O2/c1-9-3-4-11(7-10(9)2)5-6-12(14)8-13/h3-4,7,12-14H,5-6,8H2,1-2H3. The lowest BCUT2D eigenvalue weighted by Gasteiger charge is -2.08. The van der Waals surface area contributed by atoms with E-state index in [0.717, 1.165) is 6.42 Å². The molecule has 0 aliphatic heterocycles. The molecule has 0 amide bonds. The monoisotopic (exact) mass is 194 g/mol. The fourth-order valence-electron chi connectivity index (χ4n) is 1.38. The molecule has 0 saturated heterocycles. The van der Waals surface area contributed by atoms with Crippen molar-refractivity contribution < 1.29 is 10.2 Å². The minimum atomic E-state index is -0.586. The van der Waals surface area contributed by atoms with E-state index in [9.17, 15) is 5.11 Å². The maximum atomic E-state index is 9.19. The molecule has 78 valence electrons. The van der Waals surface area contributed by atoms with Crippen molar-refractivity contribution >= 4 is 0 Å². The highest BCUT2D eigenvalue weighted by atomic mass is 16.3. The lowest BCUT2D eigenvalue weighted by molar-refractivity contribution is 0.0886. The van der Waals surface area contributed by atoms with Gasteiger partial charge in [-0.25, -0.2) is 0 Å². The van der Waals surface area contributed by atoms with Crippen molar-refractivity contribution in [3.63, 3.8) is 0 Å². The molecule has 0 fully saturated rings. The summed E-state index contributed by atoms with van der Waals surface area (Å²) in [7, 11) is 0. The topological polar surface area (TPSA) is 40.5 Å². The summed E-state index contributed by atoms with van der Waals surface area (Å²) >= 11 is 0. The van der Waals surface area contributed by atoms with Crippen LogP contribution < -0.4 is 0 Å². The predicted molar refractivity (Wildman–Crippen MR) is 57.3 cm³/mol. The normalized spacial score (nSPS) is 12.9. The Hall–Kier alpha value is -0.860. The van der Waals surface area contributed by atoms with Crippen molar-refractivity contribution in [3.05, 3.63) is 34.9 Å². The van der Waals surface area contributed by atoms with Gasteiger partial charge in [0, 0.05) is 0 Å². The molecule has 0 aromatic heterocycles. The third kappa shape index (κ3) is 3.13. The van der Waals surface area contributed by atoms with Crippen LogP contribution in [0.4, 0.5) is 0 Å². The zero-order valence-electron chi connectivity index (χ0n) is 8.83. The predicted octanol–water partition coefficient (Wildman–Crippen LogP) is 1.59. The summed E-state index contributed by atoms with van der Waals surface area (Å²) in [6, 6.07) is 6.31. The highest BCUT2D eigenvalue weighted by Crippen LogP contribution is 2.12. The first kappa shape index (κ1) is 11.2. The highest BCUT2D eigenvalue weighted by molar-refractivity contribution is 5.29. The Morgan fingerprint density at radius 3 is 2.50 bits per heavy atom. The van der Waals surface area contributed by atoms with Gasteiger partial charge in [0.2, 0.25) is 0 Å². The van der Waals surface area contributed by atoms with Crippen LogP contribution in [0.5, 0.6) is 0 Å². The van der Waals surface area contributed by atoms with Gasteiger partial charge in [0.15, 0.2) is 0 Å². The van der Waals surface area contributed by atoms with Gasteiger partial charge < -0.3 is 10.2 Å². The number of aliphatic hydroxyl groups is 2. The van der Waals surface area contributed by atoms with E-state index in [-0.39, 0.29) is 6.61 Å². The molecule has 14 heavy (non-hydrogen) atoms. The molecule has 1 rings (SSSR count). The molecule has 2 heteroatoms. The van der Waals surface area contributed by atoms with Crippen molar-refractivity contribution in [3.8, 4) is 0 Å². The van der Waals surface area contributed by atoms with Crippen molar-refractivity contribution in [1.82, 2.24) is 0 Å². The number of benzene rings is 1. The molecule has 0 aliphatic rings. The summed E-state index contributed by atoms with van der Waals surface area (Å²) in [4.78, 5) is 0. The van der Waals surface area contributed by atoms with Gasteiger partial charge in [-0.1, -0.05) is 18.2 Å². The van der Waals surface area contributed by atoms with Gasteiger partial charge in [-0.3, -0.25) is 0 Å². The van der Waals surface area contributed by atoms with Crippen LogP contribution in [0.2, 0.25) is 0 Å². The zero-order valence-corrected chi connectivity index (χ0v) is 8.83. The summed E-state index contributed by atoms with van der Waals surface area (Å²) in [5.74, 6) is 0. The molecule has 1 unspecified atom stereocenters. The second-order valence-electron chi connectivity index (χ2n) is 3.79. The fraction of sp³-hybridized carbons (Fsp3) is 0.500. The first-order valence-electron chi connectivity index (χ1n) is 4.98. The summed E-state index contributed by atoms with van der Waals surface area (Å²) in [5, 5.41) is 17.9. The van der Waals surface area contributed by atoms with Gasteiger partial charge in [-0.05, 0) is 43.4 Å². The van der Waals surface area contributed by atoms with Crippen LogP contribution in [0.25, 0.3) is 0 Å². The first-order valence-corrected chi connectivity index (χ1v) is 4.98. The number of aryl methyl sites for hydroxylation is 3. The van der Waals surface area contributed by atoms with Crippen molar-refractivity contribution in [2.45, 2.75) is 32.8 Å². The van der Waals surface area contributed by atoms with E-state index in [4.69, 9.17) is 5.11 Å². The van der Waals surface area contributed by atoms with Crippen LogP contribution in [0.1, 0.15) is 23.1 Å². The zero-order chi connectivity index (χ0) is 10.6. The maximum absolute atomic E-state index is 9.19. The third-order valence-electron chi connectivity index (χ3n) is 2.55.